The van der Waals surface area contributed by atoms with Crippen LogP contribution in [0.1, 0.15) is 60.8 Å². The number of amides is 1. The molecule has 5 nitrogen and oxygen atoms in total. The van der Waals surface area contributed by atoms with Gasteiger partial charge in [0.2, 0.25) is 0 Å². The van der Waals surface area contributed by atoms with Crippen molar-refractivity contribution in [3.63, 3.8) is 0 Å². The van der Waals surface area contributed by atoms with Gasteiger partial charge in [-0.15, -0.1) is 0 Å². The maximum atomic E-state index is 12.1. The van der Waals surface area contributed by atoms with Crippen LogP contribution in [-0.4, -0.2) is 31.3 Å². The van der Waals surface area contributed by atoms with Crippen LogP contribution in [0.4, 0.5) is 4.79 Å². The Morgan fingerprint density at radius 1 is 1.14 bits per heavy atom. The van der Waals surface area contributed by atoms with Crippen LogP contribution in [-0.2, 0) is 14.3 Å². The quantitative estimate of drug-likeness (QED) is 0.550. The first-order chi connectivity index (χ1) is 9.71. The maximum absolute atomic E-state index is 12.1. The lowest BCUT2D eigenvalue weighted by molar-refractivity contribution is -0.147. The van der Waals surface area contributed by atoms with Gasteiger partial charge in [-0.25, -0.2) is 9.59 Å². The van der Waals surface area contributed by atoms with Gasteiger partial charge in [0.15, 0.2) is 0 Å². The summed E-state index contributed by atoms with van der Waals surface area (Å²) in [7, 11) is 0. The van der Waals surface area contributed by atoms with E-state index < -0.39 is 12.1 Å². The molecular formula is C16H31NO4. The van der Waals surface area contributed by atoms with Crippen molar-refractivity contribution in [3.8, 4) is 0 Å². The van der Waals surface area contributed by atoms with E-state index in [2.05, 4.69) is 5.32 Å². The fraction of sp³-hybridized carbons (Fsp3) is 0.875. The third kappa shape index (κ3) is 9.32. The highest BCUT2D eigenvalue weighted by Gasteiger charge is 2.28. The van der Waals surface area contributed by atoms with Crippen molar-refractivity contribution >= 4 is 12.1 Å². The molecule has 1 amide bonds. The van der Waals surface area contributed by atoms with Gasteiger partial charge in [0.1, 0.15) is 6.04 Å². The zero-order valence-corrected chi connectivity index (χ0v) is 14.3. The smallest absolute Gasteiger partial charge is 0.407 e. The number of nitrogens with one attached hydrogen (secondary N) is 1. The first kappa shape index (κ1) is 19.7. The first-order valence-corrected chi connectivity index (χ1v) is 7.81. The minimum Gasteiger partial charge on any atom is -0.464 e. The minimum absolute atomic E-state index is 0.00122. The molecule has 0 aliphatic rings. The highest BCUT2D eigenvalue weighted by molar-refractivity contribution is 5.81. The van der Waals surface area contributed by atoms with E-state index in [0.717, 1.165) is 19.3 Å². The molecule has 0 aromatic heterocycles. The van der Waals surface area contributed by atoms with E-state index in [0.29, 0.717) is 13.2 Å². The Balaban J connectivity index is 4.48. The molecular weight excluding hydrogens is 270 g/mol. The van der Waals surface area contributed by atoms with Gasteiger partial charge in [-0.2, -0.15) is 0 Å². The standard InChI is InChI=1S/C16H31NO4/c1-7-9-10-20-14(18)13(12(3)8-2)17-15(19)21-11-16(4,5)6/h12-13H,7-11H2,1-6H3,(H,17,19). The van der Waals surface area contributed by atoms with E-state index in [1.807, 2.05) is 41.5 Å². The molecule has 1 N–H and O–H groups in total. The van der Waals surface area contributed by atoms with Crippen molar-refractivity contribution < 1.29 is 19.1 Å². The second-order valence-corrected chi connectivity index (χ2v) is 6.67. The Bertz CT molecular complexity index is 323. The average molecular weight is 301 g/mol. The largest absolute Gasteiger partial charge is 0.464 e. The fourth-order valence-corrected chi connectivity index (χ4v) is 1.53. The van der Waals surface area contributed by atoms with Crippen molar-refractivity contribution in [2.45, 2.75) is 66.8 Å². The summed E-state index contributed by atoms with van der Waals surface area (Å²) in [6.07, 6.45) is 1.99. The molecule has 21 heavy (non-hydrogen) atoms. The fourth-order valence-electron chi connectivity index (χ4n) is 1.53. The second kappa shape index (κ2) is 9.64. The van der Waals surface area contributed by atoms with Crippen LogP contribution in [0.3, 0.4) is 0 Å². The number of ether oxygens (including phenoxy) is 2. The SMILES string of the molecule is CCCCOC(=O)C(NC(=O)OCC(C)(C)C)C(C)CC. The van der Waals surface area contributed by atoms with Crippen LogP contribution in [0.5, 0.6) is 0 Å². The minimum atomic E-state index is -0.653. The molecule has 0 radical (unpaired) electrons. The molecule has 0 rings (SSSR count). The monoisotopic (exact) mass is 301 g/mol. The van der Waals surface area contributed by atoms with Gasteiger partial charge in [0, 0.05) is 0 Å². The molecule has 0 aromatic carbocycles. The van der Waals surface area contributed by atoms with Gasteiger partial charge in [-0.05, 0) is 17.8 Å². The zero-order chi connectivity index (χ0) is 16.5. The van der Waals surface area contributed by atoms with Gasteiger partial charge in [0.05, 0.1) is 13.2 Å². The van der Waals surface area contributed by atoms with E-state index >= 15 is 0 Å². The first-order valence-electron chi connectivity index (χ1n) is 7.81. The number of carbonyl (C=O) groups excluding carboxylic acids is 2. The number of hydrogen-bond acceptors (Lipinski definition) is 4. The van der Waals surface area contributed by atoms with Crippen LogP contribution in [0, 0.1) is 11.3 Å². The highest BCUT2D eigenvalue weighted by atomic mass is 16.6. The van der Waals surface area contributed by atoms with Crippen LogP contribution in [0.2, 0.25) is 0 Å². The number of unbranched alkanes of at least 4 members (excludes halogenated alkanes) is 1. The van der Waals surface area contributed by atoms with Gasteiger partial charge in [-0.3, -0.25) is 0 Å². The van der Waals surface area contributed by atoms with E-state index in [-0.39, 0.29) is 17.3 Å². The predicted octanol–water partition coefficient (Wildman–Crippen LogP) is 3.52. The molecule has 0 aliphatic carbocycles. The summed E-state index contributed by atoms with van der Waals surface area (Å²) in [5, 5.41) is 2.63. The molecule has 2 atom stereocenters. The number of esters is 1. The number of rotatable bonds is 8. The van der Waals surface area contributed by atoms with Crippen molar-refractivity contribution in [1.29, 1.82) is 0 Å². The Kier molecular flexibility index (Phi) is 9.06. The number of carbonyl (C=O) groups is 2. The lowest BCUT2D eigenvalue weighted by atomic mass is 9.98. The van der Waals surface area contributed by atoms with E-state index in [1.54, 1.807) is 0 Å². The van der Waals surface area contributed by atoms with Gasteiger partial charge >= 0.3 is 12.1 Å². The molecule has 0 heterocycles. The van der Waals surface area contributed by atoms with Crippen molar-refractivity contribution in [2.75, 3.05) is 13.2 Å². The van der Waals surface area contributed by atoms with Gasteiger partial charge < -0.3 is 14.8 Å². The highest BCUT2D eigenvalue weighted by Crippen LogP contribution is 2.14. The van der Waals surface area contributed by atoms with Crippen LogP contribution < -0.4 is 5.32 Å². The Labute approximate surface area is 128 Å². The third-order valence-corrected chi connectivity index (χ3v) is 3.12. The summed E-state index contributed by atoms with van der Waals surface area (Å²) in [6, 6.07) is -0.653. The second-order valence-electron chi connectivity index (χ2n) is 6.67. The molecule has 0 bridgehead atoms. The molecule has 0 fully saturated rings. The topological polar surface area (TPSA) is 64.6 Å². The predicted molar refractivity (Wildman–Crippen MR) is 83.0 cm³/mol. The van der Waals surface area contributed by atoms with Crippen LogP contribution >= 0.6 is 0 Å². The Morgan fingerprint density at radius 2 is 1.76 bits per heavy atom. The molecule has 0 aliphatic heterocycles. The molecule has 0 saturated carbocycles. The number of hydrogen-bond donors (Lipinski definition) is 1. The van der Waals surface area contributed by atoms with E-state index in [4.69, 9.17) is 9.47 Å². The summed E-state index contributed by atoms with van der Waals surface area (Å²) in [6.45, 7) is 12.5. The van der Waals surface area contributed by atoms with Gasteiger partial charge in [-0.1, -0.05) is 54.4 Å². The summed E-state index contributed by atoms with van der Waals surface area (Å²) >= 11 is 0. The molecule has 0 saturated heterocycles. The molecule has 5 heteroatoms. The van der Waals surface area contributed by atoms with Gasteiger partial charge in [0.25, 0.3) is 0 Å². The summed E-state index contributed by atoms with van der Waals surface area (Å²) < 4.78 is 10.4. The van der Waals surface area contributed by atoms with Crippen LogP contribution in [0.25, 0.3) is 0 Å². The van der Waals surface area contributed by atoms with Crippen molar-refractivity contribution in [1.82, 2.24) is 5.32 Å². The molecule has 124 valence electrons. The summed E-state index contributed by atoms with van der Waals surface area (Å²) in [5.74, 6) is -0.383. The lowest BCUT2D eigenvalue weighted by Crippen LogP contribution is -2.46. The summed E-state index contributed by atoms with van der Waals surface area (Å²) in [4.78, 5) is 23.9. The van der Waals surface area contributed by atoms with Crippen LogP contribution in [0.15, 0.2) is 0 Å². The zero-order valence-electron chi connectivity index (χ0n) is 14.3. The number of alkyl carbamates (subject to hydrolysis) is 1. The molecule has 2 unspecified atom stereocenters. The lowest BCUT2D eigenvalue weighted by Gasteiger charge is -2.24. The average Bonchev–Trinajstić information content (AvgIpc) is 2.41. The van der Waals surface area contributed by atoms with Crippen molar-refractivity contribution in [3.05, 3.63) is 0 Å². The maximum Gasteiger partial charge on any atom is 0.407 e. The van der Waals surface area contributed by atoms with E-state index in [1.165, 1.54) is 0 Å². The Morgan fingerprint density at radius 3 is 2.24 bits per heavy atom. The normalized spacial score (nSPS) is 14.2. The van der Waals surface area contributed by atoms with Crippen molar-refractivity contribution in [2.24, 2.45) is 11.3 Å². The Hall–Kier alpha value is -1.26. The third-order valence-electron chi connectivity index (χ3n) is 3.12. The molecule has 0 spiro atoms. The molecule has 0 aromatic rings. The summed E-state index contributed by atoms with van der Waals surface area (Å²) in [5.41, 5.74) is -0.106. The van der Waals surface area contributed by atoms with E-state index in [9.17, 15) is 9.59 Å².